The van der Waals surface area contributed by atoms with Gasteiger partial charge in [-0.1, -0.05) is 25.5 Å². The lowest BCUT2D eigenvalue weighted by atomic mass is 10.0. The van der Waals surface area contributed by atoms with Crippen molar-refractivity contribution in [1.29, 1.82) is 0 Å². The Kier molecular flexibility index (Phi) is 12.3. The fraction of sp³-hybridized carbons (Fsp3) is 0.800. The molecule has 0 aromatic rings. The molecule has 1 aliphatic rings. The number of nitrogens with zero attached hydrogens (tertiary/aromatic N) is 1. The molecule has 3 N–H and O–H groups in total. The third-order valence-electron chi connectivity index (χ3n) is 3.43. The standard InChI is InChI=1S/C15H29N3O.HI/c1-3-7-13(10-11-19)12-17-15(16-4-2)18-14-8-5-6-9-14;/h5-6,13-14,19H,3-4,7-12H2,1-2H3,(H2,16,17,18);1H. The summed E-state index contributed by atoms with van der Waals surface area (Å²) in [6.45, 7) is 6.20. The minimum Gasteiger partial charge on any atom is -0.396 e. The molecule has 0 spiro atoms. The lowest BCUT2D eigenvalue weighted by molar-refractivity contribution is 0.253. The summed E-state index contributed by atoms with van der Waals surface area (Å²) in [7, 11) is 0. The highest BCUT2D eigenvalue weighted by molar-refractivity contribution is 14.0. The van der Waals surface area contributed by atoms with Gasteiger partial charge in [-0.25, -0.2) is 0 Å². The van der Waals surface area contributed by atoms with Crippen molar-refractivity contribution in [2.75, 3.05) is 19.7 Å². The number of hydrogen-bond donors (Lipinski definition) is 3. The number of aliphatic hydroxyl groups is 1. The highest BCUT2D eigenvalue weighted by Crippen LogP contribution is 2.12. The molecule has 0 saturated carbocycles. The number of rotatable bonds is 8. The van der Waals surface area contributed by atoms with Crippen molar-refractivity contribution in [3.63, 3.8) is 0 Å². The maximum Gasteiger partial charge on any atom is 0.191 e. The summed E-state index contributed by atoms with van der Waals surface area (Å²) >= 11 is 0. The summed E-state index contributed by atoms with van der Waals surface area (Å²) in [6.07, 6.45) is 9.73. The van der Waals surface area contributed by atoms with Gasteiger partial charge in [-0.15, -0.1) is 24.0 Å². The average Bonchev–Trinajstić information content (AvgIpc) is 2.89. The van der Waals surface area contributed by atoms with E-state index in [0.29, 0.717) is 12.0 Å². The summed E-state index contributed by atoms with van der Waals surface area (Å²) in [5.74, 6) is 1.41. The Hall–Kier alpha value is -0.300. The first-order valence-corrected chi connectivity index (χ1v) is 7.60. The zero-order chi connectivity index (χ0) is 13.9. The van der Waals surface area contributed by atoms with Gasteiger partial charge >= 0.3 is 0 Å². The molecular formula is C15H30IN3O. The van der Waals surface area contributed by atoms with Gasteiger partial charge in [0.05, 0.1) is 0 Å². The van der Waals surface area contributed by atoms with Gasteiger partial charge in [0, 0.05) is 25.7 Å². The zero-order valence-corrected chi connectivity index (χ0v) is 15.1. The van der Waals surface area contributed by atoms with E-state index >= 15 is 0 Å². The lowest BCUT2D eigenvalue weighted by Gasteiger charge is -2.18. The minimum absolute atomic E-state index is 0. The zero-order valence-electron chi connectivity index (χ0n) is 12.8. The Morgan fingerprint density at radius 1 is 1.30 bits per heavy atom. The van der Waals surface area contributed by atoms with Crippen LogP contribution in [0.15, 0.2) is 17.1 Å². The van der Waals surface area contributed by atoms with Crippen molar-refractivity contribution < 1.29 is 5.11 Å². The van der Waals surface area contributed by atoms with Crippen LogP contribution < -0.4 is 10.6 Å². The molecule has 0 radical (unpaired) electrons. The van der Waals surface area contributed by atoms with Gasteiger partial charge in [-0.3, -0.25) is 4.99 Å². The van der Waals surface area contributed by atoms with Crippen molar-refractivity contribution in [3.8, 4) is 0 Å². The van der Waals surface area contributed by atoms with Crippen molar-refractivity contribution in [2.45, 2.75) is 52.0 Å². The summed E-state index contributed by atoms with van der Waals surface area (Å²) < 4.78 is 0. The number of aliphatic imine (C=N–C) groups is 1. The second-order valence-electron chi connectivity index (χ2n) is 5.17. The SMILES string of the molecule is CCCC(CCO)CN=C(NCC)NC1CC=CC1.I. The van der Waals surface area contributed by atoms with E-state index in [9.17, 15) is 0 Å². The predicted molar refractivity (Wildman–Crippen MR) is 96.8 cm³/mol. The maximum atomic E-state index is 9.07. The van der Waals surface area contributed by atoms with Crippen LogP contribution in [0.5, 0.6) is 0 Å². The van der Waals surface area contributed by atoms with Crippen molar-refractivity contribution >= 4 is 29.9 Å². The van der Waals surface area contributed by atoms with Gasteiger partial charge in [0.2, 0.25) is 0 Å². The quantitative estimate of drug-likeness (QED) is 0.256. The molecule has 0 aromatic heterocycles. The average molecular weight is 395 g/mol. The van der Waals surface area contributed by atoms with Crippen LogP contribution in [0.4, 0.5) is 0 Å². The van der Waals surface area contributed by atoms with E-state index in [-0.39, 0.29) is 30.6 Å². The van der Waals surface area contributed by atoms with Crippen molar-refractivity contribution in [2.24, 2.45) is 10.9 Å². The largest absolute Gasteiger partial charge is 0.396 e. The van der Waals surface area contributed by atoms with Gasteiger partial charge in [0.25, 0.3) is 0 Å². The van der Waals surface area contributed by atoms with E-state index in [2.05, 4.69) is 41.6 Å². The molecule has 1 aliphatic carbocycles. The number of halogens is 1. The van der Waals surface area contributed by atoms with Crippen LogP contribution in [-0.4, -0.2) is 36.8 Å². The van der Waals surface area contributed by atoms with Gasteiger partial charge in [-0.05, 0) is 38.5 Å². The maximum absolute atomic E-state index is 9.07. The van der Waals surface area contributed by atoms with E-state index in [4.69, 9.17) is 5.11 Å². The van der Waals surface area contributed by atoms with E-state index in [0.717, 1.165) is 51.2 Å². The Morgan fingerprint density at radius 3 is 2.55 bits per heavy atom. The molecule has 4 nitrogen and oxygen atoms in total. The van der Waals surface area contributed by atoms with E-state index in [1.807, 2.05) is 0 Å². The van der Waals surface area contributed by atoms with Crippen LogP contribution in [0.3, 0.4) is 0 Å². The molecule has 0 bridgehead atoms. The first-order chi connectivity index (χ1) is 9.30. The third-order valence-corrected chi connectivity index (χ3v) is 3.43. The highest BCUT2D eigenvalue weighted by atomic mass is 127. The summed E-state index contributed by atoms with van der Waals surface area (Å²) in [5, 5.41) is 15.8. The molecule has 0 heterocycles. The van der Waals surface area contributed by atoms with Crippen LogP contribution in [0.25, 0.3) is 0 Å². The fourth-order valence-electron chi connectivity index (χ4n) is 2.39. The van der Waals surface area contributed by atoms with Crippen LogP contribution in [-0.2, 0) is 0 Å². The summed E-state index contributed by atoms with van der Waals surface area (Å²) in [4.78, 5) is 4.67. The van der Waals surface area contributed by atoms with Crippen LogP contribution in [0.1, 0.15) is 46.0 Å². The van der Waals surface area contributed by atoms with Gasteiger partial charge < -0.3 is 15.7 Å². The molecule has 0 aromatic carbocycles. The molecule has 0 amide bonds. The first kappa shape index (κ1) is 19.7. The summed E-state index contributed by atoms with van der Waals surface area (Å²) in [6, 6.07) is 0.486. The van der Waals surface area contributed by atoms with Crippen LogP contribution in [0.2, 0.25) is 0 Å². The Morgan fingerprint density at radius 2 is 2.00 bits per heavy atom. The molecule has 20 heavy (non-hydrogen) atoms. The molecule has 0 fully saturated rings. The second-order valence-corrected chi connectivity index (χ2v) is 5.17. The summed E-state index contributed by atoms with van der Waals surface area (Å²) in [5.41, 5.74) is 0. The number of nitrogens with one attached hydrogen (secondary N) is 2. The Balaban J connectivity index is 0.00000361. The number of hydrogen-bond acceptors (Lipinski definition) is 2. The van der Waals surface area contributed by atoms with Gasteiger partial charge in [0.1, 0.15) is 0 Å². The molecule has 118 valence electrons. The first-order valence-electron chi connectivity index (χ1n) is 7.60. The van der Waals surface area contributed by atoms with Crippen molar-refractivity contribution in [1.82, 2.24) is 10.6 Å². The lowest BCUT2D eigenvalue weighted by Crippen LogP contribution is -2.42. The monoisotopic (exact) mass is 395 g/mol. The molecular weight excluding hydrogens is 365 g/mol. The highest BCUT2D eigenvalue weighted by Gasteiger charge is 2.12. The van der Waals surface area contributed by atoms with E-state index in [1.54, 1.807) is 0 Å². The van der Waals surface area contributed by atoms with Gasteiger partial charge in [-0.2, -0.15) is 0 Å². The molecule has 1 unspecified atom stereocenters. The van der Waals surface area contributed by atoms with Gasteiger partial charge in [0.15, 0.2) is 5.96 Å². The molecule has 1 atom stereocenters. The predicted octanol–water partition coefficient (Wildman–Crippen LogP) is 2.68. The molecule has 0 aliphatic heterocycles. The molecule has 5 heteroatoms. The minimum atomic E-state index is 0. The molecule has 0 saturated heterocycles. The molecule has 1 rings (SSSR count). The third kappa shape index (κ3) is 8.09. The number of aliphatic hydroxyl groups excluding tert-OH is 1. The van der Waals surface area contributed by atoms with E-state index in [1.165, 1.54) is 0 Å². The smallest absolute Gasteiger partial charge is 0.191 e. The number of guanidine groups is 1. The Bertz CT molecular complexity index is 281. The fourth-order valence-corrected chi connectivity index (χ4v) is 2.39. The van der Waals surface area contributed by atoms with Crippen LogP contribution >= 0.6 is 24.0 Å². The normalized spacial score (nSPS) is 16.9. The second kappa shape index (κ2) is 12.4. The topological polar surface area (TPSA) is 56.7 Å². The van der Waals surface area contributed by atoms with E-state index < -0.39 is 0 Å². The Labute approximate surface area is 140 Å². The van der Waals surface area contributed by atoms with Crippen molar-refractivity contribution in [3.05, 3.63) is 12.2 Å². The van der Waals surface area contributed by atoms with Crippen LogP contribution in [0, 0.1) is 5.92 Å².